The van der Waals surface area contributed by atoms with Crippen LogP contribution in [0.5, 0.6) is 5.75 Å². The van der Waals surface area contributed by atoms with Crippen molar-refractivity contribution in [1.29, 1.82) is 0 Å². The number of hydrogen-bond donors (Lipinski definition) is 1. The zero-order valence-corrected chi connectivity index (χ0v) is 14.5. The van der Waals surface area contributed by atoms with E-state index in [1.165, 1.54) is 18.6 Å². The van der Waals surface area contributed by atoms with Gasteiger partial charge in [0.1, 0.15) is 5.75 Å². The highest BCUT2D eigenvalue weighted by atomic mass is 19.4. The number of anilines is 1. The van der Waals surface area contributed by atoms with Crippen molar-refractivity contribution in [2.75, 3.05) is 18.5 Å². The monoisotopic (exact) mass is 373 g/mol. The molecule has 26 heavy (non-hydrogen) atoms. The van der Waals surface area contributed by atoms with Gasteiger partial charge in [0.2, 0.25) is 5.91 Å². The normalized spacial score (nSPS) is 22.0. The molecule has 0 unspecified atom stereocenters. The van der Waals surface area contributed by atoms with Gasteiger partial charge in [-0.2, -0.15) is 0 Å². The molecule has 1 aromatic carbocycles. The molecule has 1 N–H and O–H groups in total. The van der Waals surface area contributed by atoms with Crippen molar-refractivity contribution in [2.24, 2.45) is 5.41 Å². The topological polar surface area (TPSA) is 56.8 Å². The summed E-state index contributed by atoms with van der Waals surface area (Å²) in [6.07, 6.45) is 0.200. The van der Waals surface area contributed by atoms with E-state index in [0.717, 1.165) is 37.8 Å². The number of benzene rings is 1. The molecule has 5 nitrogen and oxygen atoms in total. The third-order valence-corrected chi connectivity index (χ3v) is 4.82. The molecule has 1 aromatic rings. The Hall–Kier alpha value is -1.80. The third-order valence-electron chi connectivity index (χ3n) is 4.82. The van der Waals surface area contributed by atoms with Gasteiger partial charge < -0.3 is 19.5 Å². The molecule has 3 rings (SSSR count). The number of nitrogens with one attached hydrogen (secondary N) is 1. The zero-order chi connectivity index (χ0) is 18.8. The van der Waals surface area contributed by atoms with Crippen molar-refractivity contribution < 1.29 is 32.2 Å². The first-order valence-electron chi connectivity index (χ1n) is 8.65. The van der Waals surface area contributed by atoms with Crippen LogP contribution in [-0.4, -0.2) is 31.3 Å². The number of halogens is 3. The third kappa shape index (κ3) is 4.48. The van der Waals surface area contributed by atoms with Crippen LogP contribution < -0.4 is 10.1 Å². The maximum atomic E-state index is 12.6. The van der Waals surface area contributed by atoms with Crippen LogP contribution in [0.1, 0.15) is 39.0 Å². The van der Waals surface area contributed by atoms with Crippen LogP contribution >= 0.6 is 0 Å². The molecule has 1 aliphatic heterocycles. The maximum absolute atomic E-state index is 12.6. The lowest BCUT2D eigenvalue weighted by molar-refractivity contribution is -0.306. The first-order valence-corrected chi connectivity index (χ1v) is 8.65. The predicted octanol–water partition coefficient (Wildman–Crippen LogP) is 4.24. The van der Waals surface area contributed by atoms with Crippen molar-refractivity contribution in [1.82, 2.24) is 0 Å². The van der Waals surface area contributed by atoms with Gasteiger partial charge in [-0.3, -0.25) is 4.79 Å². The minimum Gasteiger partial charge on any atom is -0.406 e. The van der Waals surface area contributed by atoms with E-state index in [0.29, 0.717) is 5.69 Å². The highest BCUT2D eigenvalue weighted by Gasteiger charge is 2.46. The standard InChI is InChI=1S/C18H22F3NO4/c1-16(11-24-17(25-12-16)9-3-2-4-10-17)15(23)22-13-5-7-14(8-6-13)26-18(19,20)21/h5-8H,2-4,9-12H2,1H3,(H,22,23). The molecule has 1 heterocycles. The molecule has 1 saturated heterocycles. The minimum atomic E-state index is -4.75. The average Bonchev–Trinajstić information content (AvgIpc) is 2.59. The fraction of sp³-hybridized carbons (Fsp3) is 0.611. The molecule has 0 atom stereocenters. The Morgan fingerprint density at radius 2 is 1.65 bits per heavy atom. The number of ether oxygens (including phenoxy) is 3. The van der Waals surface area contributed by atoms with Crippen molar-refractivity contribution in [3.05, 3.63) is 24.3 Å². The van der Waals surface area contributed by atoms with E-state index in [9.17, 15) is 18.0 Å². The van der Waals surface area contributed by atoms with E-state index in [4.69, 9.17) is 9.47 Å². The van der Waals surface area contributed by atoms with Crippen molar-refractivity contribution in [2.45, 2.75) is 51.2 Å². The molecule has 0 bridgehead atoms. The predicted molar refractivity (Wildman–Crippen MR) is 87.6 cm³/mol. The smallest absolute Gasteiger partial charge is 0.406 e. The van der Waals surface area contributed by atoms with Crippen LogP contribution in [0.3, 0.4) is 0 Å². The fourth-order valence-corrected chi connectivity index (χ4v) is 3.20. The summed E-state index contributed by atoms with van der Waals surface area (Å²) in [5.41, 5.74) is -0.479. The van der Waals surface area contributed by atoms with Gasteiger partial charge in [0.15, 0.2) is 5.79 Å². The highest BCUT2D eigenvalue weighted by Crippen LogP contribution is 2.39. The minimum absolute atomic E-state index is 0.244. The fourth-order valence-electron chi connectivity index (χ4n) is 3.20. The van der Waals surface area contributed by atoms with Crippen LogP contribution in [-0.2, 0) is 14.3 Å². The Kier molecular flexibility index (Phi) is 5.16. The van der Waals surface area contributed by atoms with E-state index in [1.807, 2.05) is 0 Å². The second kappa shape index (κ2) is 7.08. The Morgan fingerprint density at radius 1 is 1.08 bits per heavy atom. The largest absolute Gasteiger partial charge is 0.573 e. The molecule has 1 spiro atoms. The van der Waals surface area contributed by atoms with E-state index in [2.05, 4.69) is 10.1 Å². The molecule has 8 heteroatoms. The molecule has 0 radical (unpaired) electrons. The number of alkyl halides is 3. The lowest BCUT2D eigenvalue weighted by Crippen LogP contribution is -2.53. The van der Waals surface area contributed by atoms with Crippen molar-refractivity contribution in [3.63, 3.8) is 0 Å². The van der Waals surface area contributed by atoms with Crippen LogP contribution in [0.2, 0.25) is 0 Å². The number of amides is 1. The summed E-state index contributed by atoms with van der Waals surface area (Å²) >= 11 is 0. The van der Waals surface area contributed by atoms with Crippen LogP contribution in [0.4, 0.5) is 18.9 Å². The van der Waals surface area contributed by atoms with Crippen LogP contribution in [0, 0.1) is 5.41 Å². The van der Waals surface area contributed by atoms with Crippen LogP contribution in [0.25, 0.3) is 0 Å². The highest BCUT2D eigenvalue weighted by molar-refractivity contribution is 5.95. The lowest BCUT2D eigenvalue weighted by Gasteiger charge is -2.45. The molecule has 2 aliphatic rings. The number of rotatable bonds is 3. The Morgan fingerprint density at radius 3 is 2.19 bits per heavy atom. The van der Waals surface area contributed by atoms with Gasteiger partial charge in [-0.1, -0.05) is 6.42 Å². The second-order valence-electron chi connectivity index (χ2n) is 7.14. The Balaban J connectivity index is 1.57. The maximum Gasteiger partial charge on any atom is 0.573 e. The van der Waals surface area contributed by atoms with E-state index in [-0.39, 0.29) is 24.9 Å². The molecule has 1 amide bonds. The number of carbonyl (C=O) groups excluding carboxylic acids is 1. The quantitative estimate of drug-likeness (QED) is 0.861. The van der Waals surface area contributed by atoms with E-state index in [1.54, 1.807) is 6.92 Å². The van der Waals surface area contributed by atoms with Gasteiger partial charge >= 0.3 is 6.36 Å². The molecule has 1 aliphatic carbocycles. The van der Waals surface area contributed by atoms with Gasteiger partial charge in [0.25, 0.3) is 0 Å². The summed E-state index contributed by atoms with van der Waals surface area (Å²) in [5, 5.41) is 2.70. The summed E-state index contributed by atoms with van der Waals surface area (Å²) in [6.45, 7) is 2.24. The molecule has 144 valence electrons. The van der Waals surface area contributed by atoms with Gasteiger partial charge in [0, 0.05) is 18.5 Å². The SMILES string of the molecule is CC1(C(=O)Nc2ccc(OC(F)(F)F)cc2)COC2(CCCCC2)OC1. The van der Waals surface area contributed by atoms with Gasteiger partial charge in [-0.15, -0.1) is 13.2 Å². The molecule has 0 aromatic heterocycles. The zero-order valence-electron chi connectivity index (χ0n) is 14.5. The number of carbonyl (C=O) groups is 1. The van der Waals surface area contributed by atoms with Gasteiger partial charge in [-0.05, 0) is 44.0 Å². The van der Waals surface area contributed by atoms with Crippen LogP contribution in [0.15, 0.2) is 24.3 Å². The molecule has 1 saturated carbocycles. The summed E-state index contributed by atoms with van der Waals surface area (Å²) in [6, 6.07) is 5.01. The number of hydrogen-bond acceptors (Lipinski definition) is 4. The molecular formula is C18H22F3NO4. The molecule has 2 fully saturated rings. The lowest BCUT2D eigenvalue weighted by atomic mass is 9.87. The Bertz CT molecular complexity index is 629. The molecular weight excluding hydrogens is 351 g/mol. The summed E-state index contributed by atoms with van der Waals surface area (Å²) in [4.78, 5) is 12.6. The second-order valence-corrected chi connectivity index (χ2v) is 7.14. The Labute approximate surface area is 149 Å². The van der Waals surface area contributed by atoms with Gasteiger partial charge in [0.05, 0.1) is 18.6 Å². The van der Waals surface area contributed by atoms with E-state index >= 15 is 0 Å². The first kappa shape index (κ1) is 19.0. The summed E-state index contributed by atoms with van der Waals surface area (Å²) < 4.78 is 52.2. The van der Waals surface area contributed by atoms with Crippen molar-refractivity contribution >= 4 is 11.6 Å². The average molecular weight is 373 g/mol. The summed E-state index contributed by atoms with van der Waals surface area (Å²) in [7, 11) is 0. The van der Waals surface area contributed by atoms with Crippen molar-refractivity contribution in [3.8, 4) is 5.75 Å². The van der Waals surface area contributed by atoms with Gasteiger partial charge in [-0.25, -0.2) is 0 Å². The first-order chi connectivity index (χ1) is 12.2. The summed E-state index contributed by atoms with van der Waals surface area (Å²) in [5.74, 6) is -1.20. The van der Waals surface area contributed by atoms with E-state index < -0.39 is 17.6 Å².